The second-order valence-corrected chi connectivity index (χ2v) is 6.22. The molecule has 1 N–H and O–H groups in total. The fourth-order valence-corrected chi connectivity index (χ4v) is 2.40. The van der Waals surface area contributed by atoms with E-state index in [-0.39, 0.29) is 5.97 Å². The van der Waals surface area contributed by atoms with Gasteiger partial charge < -0.3 is 19.7 Å². The van der Waals surface area contributed by atoms with Gasteiger partial charge in [-0.3, -0.25) is 4.79 Å². The second kappa shape index (κ2) is 11.0. The van der Waals surface area contributed by atoms with Crippen molar-refractivity contribution in [2.75, 3.05) is 47.5 Å². The van der Waals surface area contributed by atoms with Gasteiger partial charge in [-0.15, -0.1) is 0 Å². The summed E-state index contributed by atoms with van der Waals surface area (Å²) in [5.74, 6) is 0.461. The third kappa shape index (κ3) is 8.39. The Hall–Kier alpha value is -0.650. The van der Waals surface area contributed by atoms with Crippen LogP contribution in [0.5, 0.6) is 0 Å². The number of likely N-dealkylation sites (N-methyl/N-ethyl adjacent to an activating group) is 1. The van der Waals surface area contributed by atoms with Gasteiger partial charge in [0.2, 0.25) is 0 Å². The summed E-state index contributed by atoms with van der Waals surface area (Å²) >= 11 is 0. The summed E-state index contributed by atoms with van der Waals surface area (Å²) in [5.41, 5.74) is -0.579. The van der Waals surface area contributed by atoms with Gasteiger partial charge in [-0.2, -0.15) is 0 Å². The van der Waals surface area contributed by atoms with Crippen molar-refractivity contribution in [3.8, 4) is 0 Å². The third-order valence-corrected chi connectivity index (χ3v) is 3.82. The topological polar surface area (TPSA) is 50.8 Å². The Labute approximate surface area is 130 Å². The maximum atomic E-state index is 11.8. The molecule has 0 aliphatic heterocycles. The molecular weight excluding hydrogens is 268 g/mol. The number of methoxy groups -OCH3 is 2. The largest absolute Gasteiger partial charge is 0.468 e. The fraction of sp³-hybridized carbons (Fsp3) is 0.938. The molecule has 126 valence electrons. The van der Waals surface area contributed by atoms with Crippen LogP contribution in [0.3, 0.4) is 0 Å². The lowest BCUT2D eigenvalue weighted by molar-refractivity contribution is -0.148. The van der Waals surface area contributed by atoms with Crippen LogP contribution in [0, 0.1) is 5.92 Å². The van der Waals surface area contributed by atoms with Gasteiger partial charge in [0.1, 0.15) is 5.54 Å². The van der Waals surface area contributed by atoms with Crippen LogP contribution in [-0.4, -0.2) is 63.9 Å². The molecule has 0 aromatic rings. The highest BCUT2D eigenvalue weighted by atomic mass is 16.5. The molecule has 0 aromatic carbocycles. The van der Waals surface area contributed by atoms with Crippen LogP contribution in [0.15, 0.2) is 0 Å². The van der Waals surface area contributed by atoms with E-state index in [2.05, 4.69) is 24.1 Å². The average Bonchev–Trinajstić information content (AvgIpc) is 2.47. The Bertz CT molecular complexity index is 285. The summed E-state index contributed by atoms with van der Waals surface area (Å²) in [6, 6.07) is 0. The van der Waals surface area contributed by atoms with E-state index in [1.807, 2.05) is 6.92 Å². The van der Waals surface area contributed by atoms with Crippen LogP contribution in [-0.2, 0) is 14.3 Å². The molecule has 0 saturated heterocycles. The van der Waals surface area contributed by atoms with Gasteiger partial charge in [0.15, 0.2) is 0 Å². The molecule has 0 bridgehead atoms. The van der Waals surface area contributed by atoms with E-state index in [4.69, 9.17) is 9.47 Å². The Balaban J connectivity index is 4.15. The van der Waals surface area contributed by atoms with Gasteiger partial charge in [0, 0.05) is 20.2 Å². The Morgan fingerprint density at radius 1 is 1.24 bits per heavy atom. The van der Waals surface area contributed by atoms with Crippen LogP contribution in [0.25, 0.3) is 0 Å². The highest BCUT2D eigenvalue weighted by Gasteiger charge is 2.31. The van der Waals surface area contributed by atoms with Crippen LogP contribution in [0.2, 0.25) is 0 Å². The van der Waals surface area contributed by atoms with Crippen LogP contribution in [0.1, 0.15) is 40.0 Å². The summed E-state index contributed by atoms with van der Waals surface area (Å²) < 4.78 is 10.0. The lowest BCUT2D eigenvalue weighted by atomic mass is 9.95. The number of unbranched alkanes of at least 4 members (excludes halogenated alkanes) is 1. The molecule has 5 heteroatoms. The molecule has 1 unspecified atom stereocenters. The molecule has 1 atom stereocenters. The van der Waals surface area contributed by atoms with E-state index in [0.717, 1.165) is 45.5 Å². The van der Waals surface area contributed by atoms with Crippen molar-refractivity contribution in [3.05, 3.63) is 0 Å². The van der Waals surface area contributed by atoms with Crippen LogP contribution >= 0.6 is 0 Å². The Morgan fingerprint density at radius 3 is 2.38 bits per heavy atom. The van der Waals surface area contributed by atoms with E-state index in [1.54, 1.807) is 14.2 Å². The van der Waals surface area contributed by atoms with Crippen LogP contribution < -0.4 is 5.32 Å². The number of nitrogens with one attached hydrogen (secondary N) is 1. The van der Waals surface area contributed by atoms with Gasteiger partial charge in [-0.05, 0) is 45.7 Å². The molecule has 0 rings (SSSR count). The van der Waals surface area contributed by atoms with Crippen molar-refractivity contribution in [3.63, 3.8) is 0 Å². The minimum absolute atomic E-state index is 0.191. The molecule has 21 heavy (non-hydrogen) atoms. The van der Waals surface area contributed by atoms with Gasteiger partial charge in [0.05, 0.1) is 13.7 Å². The molecule has 0 aromatic heterocycles. The molecule has 0 heterocycles. The fourth-order valence-electron chi connectivity index (χ4n) is 2.40. The van der Waals surface area contributed by atoms with Crippen molar-refractivity contribution in [1.29, 1.82) is 0 Å². The SMILES string of the molecule is CNC(C)(CCCCN(CCOC)CC(C)C)C(=O)OC. The minimum atomic E-state index is -0.579. The number of hydrogen-bond donors (Lipinski definition) is 1. The van der Waals surface area contributed by atoms with E-state index in [0.29, 0.717) is 5.92 Å². The lowest BCUT2D eigenvalue weighted by Crippen LogP contribution is -2.48. The number of esters is 1. The normalized spacial score (nSPS) is 14.5. The zero-order valence-electron chi connectivity index (χ0n) is 14.7. The van der Waals surface area contributed by atoms with Gasteiger partial charge in [0.25, 0.3) is 0 Å². The molecule has 0 spiro atoms. The van der Waals surface area contributed by atoms with Gasteiger partial charge in [-0.1, -0.05) is 13.8 Å². The number of hydrogen-bond acceptors (Lipinski definition) is 5. The number of nitrogens with zero attached hydrogens (tertiary/aromatic N) is 1. The molecule has 5 nitrogen and oxygen atoms in total. The minimum Gasteiger partial charge on any atom is -0.468 e. The van der Waals surface area contributed by atoms with E-state index in [1.165, 1.54) is 7.11 Å². The van der Waals surface area contributed by atoms with E-state index >= 15 is 0 Å². The number of carbonyl (C=O) groups excluding carboxylic acids is 1. The molecule has 0 amide bonds. The predicted octanol–water partition coefficient (Wildman–Crippen LogP) is 1.91. The maximum Gasteiger partial charge on any atom is 0.325 e. The molecule has 0 aliphatic carbocycles. The lowest BCUT2D eigenvalue weighted by Gasteiger charge is -2.27. The first kappa shape index (κ1) is 20.3. The van der Waals surface area contributed by atoms with Crippen molar-refractivity contribution in [2.45, 2.75) is 45.6 Å². The summed E-state index contributed by atoms with van der Waals surface area (Å²) in [6.45, 7) is 10.2. The monoisotopic (exact) mass is 302 g/mol. The first-order chi connectivity index (χ1) is 9.89. The molecule has 0 aliphatic rings. The zero-order valence-corrected chi connectivity index (χ0v) is 14.7. The summed E-state index contributed by atoms with van der Waals surface area (Å²) in [4.78, 5) is 14.2. The predicted molar refractivity (Wildman–Crippen MR) is 86.5 cm³/mol. The smallest absolute Gasteiger partial charge is 0.325 e. The average molecular weight is 302 g/mol. The quantitative estimate of drug-likeness (QED) is 0.441. The summed E-state index contributed by atoms with van der Waals surface area (Å²) in [7, 11) is 4.98. The van der Waals surface area contributed by atoms with Crippen molar-refractivity contribution >= 4 is 5.97 Å². The zero-order chi connectivity index (χ0) is 16.3. The standard InChI is InChI=1S/C16H34N2O3/c1-14(2)13-18(11-12-20-5)10-8-7-9-16(3,17-4)15(19)21-6/h14,17H,7-13H2,1-6H3. The maximum absolute atomic E-state index is 11.8. The number of ether oxygens (including phenoxy) is 2. The Kier molecular flexibility index (Phi) is 10.6. The molecule has 0 fully saturated rings. The van der Waals surface area contributed by atoms with E-state index in [9.17, 15) is 4.79 Å². The highest BCUT2D eigenvalue weighted by molar-refractivity contribution is 5.80. The third-order valence-electron chi connectivity index (χ3n) is 3.82. The number of carbonyl (C=O) groups is 1. The van der Waals surface area contributed by atoms with Crippen molar-refractivity contribution < 1.29 is 14.3 Å². The van der Waals surface area contributed by atoms with Crippen molar-refractivity contribution in [2.24, 2.45) is 5.92 Å². The summed E-state index contributed by atoms with van der Waals surface area (Å²) in [5, 5.41) is 3.08. The van der Waals surface area contributed by atoms with Gasteiger partial charge in [-0.25, -0.2) is 0 Å². The first-order valence-electron chi connectivity index (χ1n) is 7.88. The second-order valence-electron chi connectivity index (χ2n) is 6.22. The highest BCUT2D eigenvalue weighted by Crippen LogP contribution is 2.15. The Morgan fingerprint density at radius 2 is 1.90 bits per heavy atom. The van der Waals surface area contributed by atoms with E-state index < -0.39 is 5.54 Å². The van der Waals surface area contributed by atoms with Crippen LogP contribution in [0.4, 0.5) is 0 Å². The molecule has 0 saturated carbocycles. The summed E-state index contributed by atoms with van der Waals surface area (Å²) in [6.07, 6.45) is 2.86. The molecular formula is C16H34N2O3. The van der Waals surface area contributed by atoms with Crippen molar-refractivity contribution in [1.82, 2.24) is 10.2 Å². The number of rotatable bonds is 12. The molecule has 0 radical (unpaired) electrons. The van der Waals surface area contributed by atoms with Gasteiger partial charge >= 0.3 is 5.97 Å². The first-order valence-corrected chi connectivity index (χ1v) is 7.88.